The molecule has 0 radical (unpaired) electrons. The molecule has 1 aromatic carbocycles. The third-order valence-corrected chi connectivity index (χ3v) is 1.42. The maximum atomic E-state index is 5.47. The Hall–Kier alpha value is -1.24. The molecule has 0 bridgehead atoms. The van der Waals surface area contributed by atoms with Gasteiger partial charge in [-0.2, -0.15) is 0 Å². The smallest absolute Gasteiger partial charge is 0.0314 e. The molecule has 0 saturated carbocycles. The van der Waals surface area contributed by atoms with E-state index in [1.165, 1.54) is 5.56 Å². The molecule has 0 atom stereocenters. The molecule has 0 unspecified atom stereocenters. The van der Waals surface area contributed by atoms with Crippen LogP contribution in [0.3, 0.4) is 0 Å². The molecule has 1 rings (SSSR count). The zero-order valence-electron chi connectivity index (χ0n) is 10.1. The Bertz CT molecular complexity index is 234. The van der Waals surface area contributed by atoms with Crippen molar-refractivity contribution in [2.75, 3.05) is 0 Å². The minimum Gasteiger partial charge on any atom is -0.399 e. The average Bonchev–Trinajstić information content (AvgIpc) is 2.24. The van der Waals surface area contributed by atoms with Crippen molar-refractivity contribution in [1.29, 1.82) is 0 Å². The first-order valence-electron chi connectivity index (χ1n) is 5.21. The van der Waals surface area contributed by atoms with Gasteiger partial charge in [-0.25, -0.2) is 0 Å². The lowest BCUT2D eigenvalue weighted by atomic mass is 10.1. The maximum Gasteiger partial charge on any atom is 0.0314 e. The van der Waals surface area contributed by atoms with E-state index >= 15 is 0 Å². The summed E-state index contributed by atoms with van der Waals surface area (Å²) in [5, 5.41) is 0. The normalized spacial score (nSPS) is 7.50. The third-order valence-electron chi connectivity index (χ3n) is 1.42. The number of rotatable bonds is 1. The predicted octanol–water partition coefficient (Wildman–Crippen LogP) is 3.98. The molecule has 1 aromatic rings. The van der Waals surface area contributed by atoms with E-state index in [2.05, 4.69) is 6.58 Å². The zero-order chi connectivity index (χ0) is 11.6. The van der Waals surface area contributed by atoms with Gasteiger partial charge < -0.3 is 5.73 Å². The largest absolute Gasteiger partial charge is 0.399 e. The zero-order valence-corrected chi connectivity index (χ0v) is 10.1. The first-order chi connectivity index (χ1) is 6.70. The second-order valence-corrected chi connectivity index (χ2v) is 2.39. The molecule has 0 aromatic heterocycles. The molecular weight excluding hydrogens is 170 g/mol. The summed E-state index contributed by atoms with van der Waals surface area (Å²) < 4.78 is 0. The number of nitrogens with two attached hydrogens (primary N) is 1. The Balaban J connectivity index is 0. The predicted molar refractivity (Wildman–Crippen MR) is 67.1 cm³/mol. The van der Waals surface area contributed by atoms with Crippen LogP contribution in [0.2, 0.25) is 0 Å². The second kappa shape index (κ2) is 9.85. The highest BCUT2D eigenvalue weighted by Gasteiger charge is 1.90. The van der Waals surface area contributed by atoms with Gasteiger partial charge in [0.2, 0.25) is 0 Å². The quantitative estimate of drug-likeness (QED) is 0.717. The fourth-order valence-electron chi connectivity index (χ4n) is 0.768. The summed E-state index contributed by atoms with van der Waals surface area (Å²) in [6.45, 7) is 13.7. The van der Waals surface area contributed by atoms with Crippen molar-refractivity contribution in [3.63, 3.8) is 0 Å². The van der Waals surface area contributed by atoms with Gasteiger partial charge in [-0.15, -0.1) is 0 Å². The average molecular weight is 193 g/mol. The molecular formula is C13H23N. The van der Waals surface area contributed by atoms with E-state index in [9.17, 15) is 0 Å². The van der Waals surface area contributed by atoms with E-state index in [1.807, 2.05) is 58.9 Å². The van der Waals surface area contributed by atoms with Crippen LogP contribution in [-0.2, 0) is 0 Å². The number of hydrogen-bond donors (Lipinski definition) is 1. The van der Waals surface area contributed by atoms with Gasteiger partial charge in [0.15, 0.2) is 0 Å². The van der Waals surface area contributed by atoms with Gasteiger partial charge in [0.05, 0.1) is 0 Å². The van der Waals surface area contributed by atoms with E-state index in [4.69, 9.17) is 5.73 Å². The Labute approximate surface area is 88.6 Å². The molecule has 14 heavy (non-hydrogen) atoms. The van der Waals surface area contributed by atoms with Crippen molar-refractivity contribution < 1.29 is 0 Å². The lowest BCUT2D eigenvalue weighted by molar-refractivity contribution is 1.44. The summed E-state index contributed by atoms with van der Waals surface area (Å²) in [7, 11) is 0. The van der Waals surface area contributed by atoms with E-state index < -0.39 is 0 Å². The summed E-state index contributed by atoms with van der Waals surface area (Å²) in [6.07, 6.45) is 0. The Morgan fingerprint density at radius 3 is 1.64 bits per heavy atom. The Morgan fingerprint density at radius 1 is 1.00 bits per heavy atom. The van der Waals surface area contributed by atoms with Gasteiger partial charge in [0, 0.05) is 5.70 Å². The lowest BCUT2D eigenvalue weighted by Crippen LogP contribution is -1.92. The third kappa shape index (κ3) is 6.30. The molecule has 80 valence electrons. The molecule has 0 amide bonds. The minimum absolute atomic E-state index is 0.625. The fourth-order valence-corrected chi connectivity index (χ4v) is 0.768. The molecule has 1 heteroatoms. The fraction of sp³-hybridized carbons (Fsp3) is 0.385. The molecule has 0 aliphatic heterocycles. The van der Waals surface area contributed by atoms with Gasteiger partial charge in [-0.1, -0.05) is 64.1 Å². The van der Waals surface area contributed by atoms with E-state index in [1.54, 1.807) is 0 Å². The summed E-state index contributed by atoms with van der Waals surface area (Å²) in [4.78, 5) is 0. The molecule has 0 fully saturated rings. The van der Waals surface area contributed by atoms with Gasteiger partial charge in [-0.3, -0.25) is 0 Å². The Kier molecular flexibility index (Phi) is 10.7. The second-order valence-electron chi connectivity index (χ2n) is 2.39. The van der Waals surface area contributed by atoms with Crippen molar-refractivity contribution in [3.05, 3.63) is 42.0 Å². The van der Waals surface area contributed by atoms with E-state index in [-0.39, 0.29) is 0 Å². The maximum absolute atomic E-state index is 5.47. The number of benzene rings is 1. The highest BCUT2D eigenvalue weighted by Crippen LogP contribution is 2.07. The first-order valence-corrected chi connectivity index (χ1v) is 5.21. The van der Waals surface area contributed by atoms with Crippen LogP contribution in [0.1, 0.15) is 38.8 Å². The minimum atomic E-state index is 0.625. The summed E-state index contributed by atoms with van der Waals surface area (Å²) in [6, 6.07) is 7.98. The summed E-state index contributed by atoms with van der Waals surface area (Å²) in [5.41, 5.74) is 8.34. The van der Waals surface area contributed by atoms with Gasteiger partial charge >= 0.3 is 0 Å². The summed E-state index contributed by atoms with van der Waals surface area (Å²) >= 11 is 0. The number of hydrogen-bond acceptors (Lipinski definition) is 1. The van der Waals surface area contributed by atoms with Crippen molar-refractivity contribution >= 4 is 5.70 Å². The van der Waals surface area contributed by atoms with Crippen LogP contribution in [0.5, 0.6) is 0 Å². The van der Waals surface area contributed by atoms with Crippen LogP contribution >= 0.6 is 0 Å². The SMILES string of the molecule is C=C(N)c1ccc(C)cc1.CC.CC. The van der Waals surface area contributed by atoms with Crippen LogP contribution < -0.4 is 5.73 Å². The topological polar surface area (TPSA) is 26.0 Å². The van der Waals surface area contributed by atoms with Crippen LogP contribution in [0.15, 0.2) is 30.8 Å². The molecule has 0 spiro atoms. The van der Waals surface area contributed by atoms with Crippen molar-refractivity contribution in [1.82, 2.24) is 0 Å². The molecule has 0 aliphatic rings. The molecule has 0 saturated heterocycles. The van der Waals surface area contributed by atoms with Crippen LogP contribution in [0, 0.1) is 6.92 Å². The van der Waals surface area contributed by atoms with Crippen LogP contribution in [-0.4, -0.2) is 0 Å². The van der Waals surface area contributed by atoms with Crippen LogP contribution in [0.4, 0.5) is 0 Å². The van der Waals surface area contributed by atoms with E-state index in [0.717, 1.165) is 5.56 Å². The standard InChI is InChI=1S/C9H11N.2C2H6/c1-7-3-5-9(6-4-7)8(2)10;2*1-2/h3-6H,2,10H2,1H3;2*1-2H3. The van der Waals surface area contributed by atoms with Gasteiger partial charge in [-0.05, 0) is 12.5 Å². The molecule has 1 nitrogen and oxygen atoms in total. The monoisotopic (exact) mass is 193 g/mol. The summed E-state index contributed by atoms with van der Waals surface area (Å²) in [5.74, 6) is 0. The number of aryl methyl sites for hydroxylation is 1. The lowest BCUT2D eigenvalue weighted by Gasteiger charge is -1.98. The van der Waals surface area contributed by atoms with Crippen molar-refractivity contribution in [2.24, 2.45) is 5.73 Å². The highest BCUT2D eigenvalue weighted by atomic mass is 14.6. The molecule has 0 aliphatic carbocycles. The van der Waals surface area contributed by atoms with Gasteiger partial charge in [0.25, 0.3) is 0 Å². The Morgan fingerprint density at radius 2 is 1.36 bits per heavy atom. The van der Waals surface area contributed by atoms with Crippen LogP contribution in [0.25, 0.3) is 5.70 Å². The molecule has 0 heterocycles. The van der Waals surface area contributed by atoms with Crippen molar-refractivity contribution in [3.8, 4) is 0 Å². The van der Waals surface area contributed by atoms with E-state index in [0.29, 0.717) is 5.70 Å². The van der Waals surface area contributed by atoms with Crippen molar-refractivity contribution in [2.45, 2.75) is 34.6 Å². The highest BCUT2D eigenvalue weighted by molar-refractivity contribution is 5.60. The molecule has 2 N–H and O–H groups in total. The first kappa shape index (κ1) is 15.2. The van der Waals surface area contributed by atoms with Gasteiger partial charge in [0.1, 0.15) is 0 Å².